The molecule has 2 aromatic carbocycles. The number of ether oxygens (including phenoxy) is 1. The maximum atomic E-state index is 13.9. The second kappa shape index (κ2) is 11.8. The summed E-state index contributed by atoms with van der Waals surface area (Å²) in [6.45, 7) is 10.3. The topological polar surface area (TPSA) is 79.1 Å². The van der Waals surface area contributed by atoms with Gasteiger partial charge in [0.1, 0.15) is 0 Å². The van der Waals surface area contributed by atoms with Gasteiger partial charge < -0.3 is 20.3 Å². The van der Waals surface area contributed by atoms with Crippen LogP contribution >= 0.6 is 0 Å². The maximum absolute atomic E-state index is 13.9. The van der Waals surface area contributed by atoms with E-state index in [0.29, 0.717) is 23.2 Å². The van der Waals surface area contributed by atoms with Crippen molar-refractivity contribution in [2.45, 2.75) is 20.3 Å². The van der Waals surface area contributed by atoms with Crippen LogP contribution in [0, 0.1) is 0 Å². The molecule has 1 saturated heterocycles. The van der Waals surface area contributed by atoms with Crippen LogP contribution in [0.4, 0.5) is 5.69 Å². The van der Waals surface area contributed by atoms with E-state index < -0.39 is 5.91 Å². The van der Waals surface area contributed by atoms with Crippen molar-refractivity contribution >= 4 is 17.5 Å². The van der Waals surface area contributed by atoms with Crippen molar-refractivity contribution < 1.29 is 14.3 Å². The summed E-state index contributed by atoms with van der Waals surface area (Å²) in [6.07, 6.45) is 0.951. The third-order valence-corrected chi connectivity index (χ3v) is 6.14. The van der Waals surface area contributed by atoms with Gasteiger partial charge in [-0.1, -0.05) is 37.3 Å². The molecule has 2 aromatic rings. The van der Waals surface area contributed by atoms with Crippen molar-refractivity contribution in [1.29, 1.82) is 0 Å². The Hall–Kier alpha value is -2.90. The third kappa shape index (κ3) is 5.92. The quantitative estimate of drug-likeness (QED) is 0.599. The van der Waals surface area contributed by atoms with Gasteiger partial charge in [-0.15, -0.1) is 0 Å². The minimum absolute atomic E-state index is 0.102. The number of likely N-dealkylation sites (N-methyl/N-ethyl adjacent to an activating group) is 1. The number of amides is 2. The van der Waals surface area contributed by atoms with E-state index in [1.807, 2.05) is 43.4 Å². The molecule has 0 bridgehead atoms. The van der Waals surface area contributed by atoms with E-state index in [0.717, 1.165) is 63.6 Å². The minimum atomic E-state index is -0.538. The Morgan fingerprint density at radius 1 is 1.03 bits per heavy atom. The van der Waals surface area contributed by atoms with Gasteiger partial charge in [0, 0.05) is 57.4 Å². The summed E-state index contributed by atoms with van der Waals surface area (Å²) in [5.74, 6) is -0.640. The molecule has 1 aliphatic rings. The summed E-state index contributed by atoms with van der Waals surface area (Å²) in [5, 5.41) is 0. The third-order valence-electron chi connectivity index (χ3n) is 6.14. The smallest absolute Gasteiger partial charge is 0.256 e. The normalized spacial score (nSPS) is 14.2. The maximum Gasteiger partial charge on any atom is 0.256 e. The zero-order valence-corrected chi connectivity index (χ0v) is 20.0. The first-order valence-electron chi connectivity index (χ1n) is 11.8. The monoisotopic (exact) mass is 452 g/mol. The number of rotatable bonds is 10. The zero-order valence-electron chi connectivity index (χ0n) is 20.0. The summed E-state index contributed by atoms with van der Waals surface area (Å²) in [4.78, 5) is 32.6. The summed E-state index contributed by atoms with van der Waals surface area (Å²) < 4.78 is 5.43. The molecule has 0 aromatic heterocycles. The molecule has 1 heterocycles. The van der Waals surface area contributed by atoms with Crippen LogP contribution in [-0.4, -0.2) is 81.1 Å². The van der Waals surface area contributed by atoms with E-state index in [4.69, 9.17) is 10.5 Å². The number of anilines is 1. The van der Waals surface area contributed by atoms with Gasteiger partial charge in [-0.05, 0) is 31.0 Å². The number of carbonyl (C=O) groups is 2. The van der Waals surface area contributed by atoms with E-state index in [1.54, 1.807) is 11.0 Å². The molecule has 0 atom stereocenters. The minimum Gasteiger partial charge on any atom is -0.379 e. The van der Waals surface area contributed by atoms with Crippen LogP contribution in [0.1, 0.15) is 41.0 Å². The Bertz CT molecular complexity index is 942. The Labute approximate surface area is 197 Å². The molecular weight excluding hydrogens is 416 g/mol. The van der Waals surface area contributed by atoms with Crippen LogP contribution in [0.15, 0.2) is 42.5 Å². The van der Waals surface area contributed by atoms with Gasteiger partial charge in [0.05, 0.1) is 24.5 Å². The molecule has 2 amide bonds. The number of benzene rings is 2. The van der Waals surface area contributed by atoms with E-state index in [1.165, 1.54) is 0 Å². The highest BCUT2D eigenvalue weighted by molar-refractivity contribution is 6.12. The molecule has 1 fully saturated rings. The summed E-state index contributed by atoms with van der Waals surface area (Å²) >= 11 is 0. The number of hydrogen-bond acceptors (Lipinski definition) is 5. The fraction of sp³-hybridized carbons (Fsp3) is 0.462. The lowest BCUT2D eigenvalue weighted by Crippen LogP contribution is -2.42. The van der Waals surface area contributed by atoms with Crippen molar-refractivity contribution in [2.24, 2.45) is 5.73 Å². The molecule has 0 radical (unpaired) electrons. The largest absolute Gasteiger partial charge is 0.379 e. The average molecular weight is 453 g/mol. The molecular formula is C26H36N4O3. The average Bonchev–Trinajstić information content (AvgIpc) is 2.85. The first-order chi connectivity index (χ1) is 16.0. The lowest BCUT2D eigenvalue weighted by Gasteiger charge is -2.31. The lowest BCUT2D eigenvalue weighted by atomic mass is 9.91. The molecule has 0 aliphatic carbocycles. The Morgan fingerprint density at radius 3 is 2.33 bits per heavy atom. The van der Waals surface area contributed by atoms with Crippen molar-refractivity contribution in [3.63, 3.8) is 0 Å². The standard InChI is InChI=1S/C26H36N4O3/c1-4-13-30(5-2)22-12-11-21(25(27)31)23(20-9-7-6-8-10-20)24(22)26(32)28(3)14-15-29-16-18-33-19-17-29/h6-12H,4-5,13-19H2,1-3H3,(H2,27,31). The molecule has 33 heavy (non-hydrogen) atoms. The number of primary amides is 1. The van der Waals surface area contributed by atoms with Crippen LogP contribution in [0.5, 0.6) is 0 Å². The summed E-state index contributed by atoms with van der Waals surface area (Å²) in [7, 11) is 1.83. The number of morpholine rings is 1. The second-order valence-electron chi connectivity index (χ2n) is 8.37. The highest BCUT2D eigenvalue weighted by Crippen LogP contribution is 2.35. The van der Waals surface area contributed by atoms with Gasteiger partial charge in [-0.2, -0.15) is 0 Å². The van der Waals surface area contributed by atoms with Crippen LogP contribution in [0.25, 0.3) is 11.1 Å². The Kier molecular flexibility index (Phi) is 8.86. The SMILES string of the molecule is CCCN(CC)c1ccc(C(N)=O)c(-c2ccccc2)c1C(=O)N(C)CCN1CCOCC1. The molecule has 7 nitrogen and oxygen atoms in total. The van der Waals surface area contributed by atoms with Gasteiger partial charge in [0.2, 0.25) is 5.91 Å². The summed E-state index contributed by atoms with van der Waals surface area (Å²) in [5.41, 5.74) is 8.94. The van der Waals surface area contributed by atoms with Gasteiger partial charge in [0.25, 0.3) is 5.91 Å². The highest BCUT2D eigenvalue weighted by atomic mass is 16.5. The van der Waals surface area contributed by atoms with Gasteiger partial charge in [-0.3, -0.25) is 14.5 Å². The predicted molar refractivity (Wildman–Crippen MR) is 133 cm³/mol. The fourth-order valence-corrected chi connectivity index (χ4v) is 4.31. The fourth-order valence-electron chi connectivity index (χ4n) is 4.31. The second-order valence-corrected chi connectivity index (χ2v) is 8.37. The molecule has 3 rings (SSSR count). The number of nitrogens with two attached hydrogens (primary N) is 1. The summed E-state index contributed by atoms with van der Waals surface area (Å²) in [6, 6.07) is 13.2. The number of hydrogen-bond donors (Lipinski definition) is 1. The van der Waals surface area contributed by atoms with Gasteiger partial charge in [-0.25, -0.2) is 0 Å². The first kappa shape index (κ1) is 24.7. The zero-order chi connectivity index (χ0) is 23.8. The van der Waals surface area contributed by atoms with Crippen LogP contribution in [-0.2, 0) is 4.74 Å². The van der Waals surface area contributed by atoms with Gasteiger partial charge in [0.15, 0.2) is 0 Å². The van der Waals surface area contributed by atoms with Crippen LogP contribution in [0.2, 0.25) is 0 Å². The highest BCUT2D eigenvalue weighted by Gasteiger charge is 2.27. The predicted octanol–water partition coefficient (Wildman–Crippen LogP) is 3.09. The molecule has 0 saturated carbocycles. The van der Waals surface area contributed by atoms with Crippen molar-refractivity contribution in [1.82, 2.24) is 9.80 Å². The van der Waals surface area contributed by atoms with E-state index in [2.05, 4.69) is 23.6 Å². The van der Waals surface area contributed by atoms with Crippen molar-refractivity contribution in [3.05, 3.63) is 53.6 Å². The number of carbonyl (C=O) groups excluding carboxylic acids is 2. The van der Waals surface area contributed by atoms with Crippen molar-refractivity contribution in [2.75, 3.05) is 64.4 Å². The molecule has 1 aliphatic heterocycles. The van der Waals surface area contributed by atoms with E-state index >= 15 is 0 Å². The molecule has 0 spiro atoms. The van der Waals surface area contributed by atoms with Crippen molar-refractivity contribution in [3.8, 4) is 11.1 Å². The van der Waals surface area contributed by atoms with Crippen LogP contribution in [0.3, 0.4) is 0 Å². The first-order valence-corrected chi connectivity index (χ1v) is 11.8. The number of nitrogens with zero attached hydrogens (tertiary/aromatic N) is 3. The molecule has 2 N–H and O–H groups in total. The van der Waals surface area contributed by atoms with Gasteiger partial charge >= 0.3 is 0 Å². The molecule has 0 unspecified atom stereocenters. The molecule has 7 heteroatoms. The van der Waals surface area contributed by atoms with E-state index in [9.17, 15) is 9.59 Å². The van der Waals surface area contributed by atoms with E-state index in [-0.39, 0.29) is 5.91 Å². The lowest BCUT2D eigenvalue weighted by molar-refractivity contribution is 0.0338. The van der Waals surface area contributed by atoms with Crippen LogP contribution < -0.4 is 10.6 Å². The molecule has 178 valence electrons. The Morgan fingerprint density at radius 2 is 1.73 bits per heavy atom. The Balaban J connectivity index is 2.07.